The van der Waals surface area contributed by atoms with Crippen LogP contribution in [0, 0.1) is 0 Å². The van der Waals surface area contributed by atoms with Crippen LogP contribution in [0.3, 0.4) is 0 Å². The number of allylic oxidation sites excluding steroid dienone is 1. The molecular formula is C24H23NO5. The molecule has 0 aromatic heterocycles. The van der Waals surface area contributed by atoms with Crippen molar-refractivity contribution in [2.75, 3.05) is 5.32 Å². The number of unbranched alkanes of at least 4 members (excludes halogenated alkanes) is 1. The highest BCUT2D eigenvalue weighted by Gasteiger charge is 2.20. The minimum atomic E-state index is -0.991. The van der Waals surface area contributed by atoms with E-state index >= 15 is 0 Å². The summed E-state index contributed by atoms with van der Waals surface area (Å²) >= 11 is 0. The predicted octanol–water partition coefficient (Wildman–Crippen LogP) is 5.65. The molecule has 0 aliphatic rings. The maximum absolute atomic E-state index is 12.5. The normalized spacial score (nSPS) is 12.0. The quantitative estimate of drug-likeness (QED) is 0.333. The number of carboxylic acids is 1. The van der Waals surface area contributed by atoms with Crippen LogP contribution in [0.5, 0.6) is 5.75 Å². The molecule has 1 atom stereocenters. The molecule has 6 nitrogen and oxygen atoms in total. The Kier molecular flexibility index (Phi) is 7.05. The number of phenols is 1. The lowest BCUT2D eigenvalue weighted by atomic mass is 9.96. The number of aliphatic carboxylic acids is 1. The number of benzene rings is 3. The van der Waals surface area contributed by atoms with Crippen LogP contribution in [0.4, 0.5) is 10.5 Å². The number of carbonyl (C=O) groups excluding carboxylic acids is 1. The molecule has 0 aliphatic carbocycles. The molecule has 0 aliphatic heterocycles. The first-order valence-corrected chi connectivity index (χ1v) is 9.67. The third kappa shape index (κ3) is 5.61. The lowest BCUT2D eigenvalue weighted by Crippen LogP contribution is -2.18. The number of nitrogens with one attached hydrogen (secondary N) is 1. The summed E-state index contributed by atoms with van der Waals surface area (Å²) in [7, 11) is 0. The fourth-order valence-electron chi connectivity index (χ4n) is 3.27. The standard InChI is InChI=1S/C24H23NO5/c26-21-16-15-20(18-11-7-8-12-19(18)21)22(13-5-2-6-14-23(27)28)30-24(29)25-17-9-3-1-4-10-17/h1,3-4,6-12,14-16,22,26H,2,5,13H2,(H,25,29)(H,27,28)/b14-6+/t22-/m0/s1. The minimum Gasteiger partial charge on any atom is -0.507 e. The first-order valence-electron chi connectivity index (χ1n) is 9.67. The summed E-state index contributed by atoms with van der Waals surface area (Å²) in [4.78, 5) is 23.1. The lowest BCUT2D eigenvalue weighted by molar-refractivity contribution is -0.131. The maximum atomic E-state index is 12.5. The second-order valence-electron chi connectivity index (χ2n) is 6.78. The Morgan fingerprint density at radius 2 is 1.67 bits per heavy atom. The Hall–Kier alpha value is -3.80. The fraction of sp³-hybridized carbons (Fsp3) is 0.167. The van der Waals surface area contributed by atoms with E-state index in [9.17, 15) is 14.7 Å². The van der Waals surface area contributed by atoms with Crippen LogP contribution in [0.2, 0.25) is 0 Å². The summed E-state index contributed by atoms with van der Waals surface area (Å²) in [5.41, 5.74) is 1.41. The zero-order valence-electron chi connectivity index (χ0n) is 16.3. The molecule has 3 rings (SSSR count). The van der Waals surface area contributed by atoms with Crippen LogP contribution in [0.25, 0.3) is 10.8 Å². The number of hydrogen-bond acceptors (Lipinski definition) is 4. The van der Waals surface area contributed by atoms with E-state index in [1.165, 1.54) is 0 Å². The number of ether oxygens (including phenoxy) is 1. The van der Waals surface area contributed by atoms with Gasteiger partial charge in [-0.05, 0) is 42.8 Å². The highest BCUT2D eigenvalue weighted by molar-refractivity contribution is 5.91. The molecule has 0 unspecified atom stereocenters. The van der Waals surface area contributed by atoms with E-state index in [-0.39, 0.29) is 5.75 Å². The maximum Gasteiger partial charge on any atom is 0.412 e. The molecule has 3 N–H and O–H groups in total. The molecule has 0 saturated heterocycles. The van der Waals surface area contributed by atoms with E-state index in [2.05, 4.69) is 5.32 Å². The summed E-state index contributed by atoms with van der Waals surface area (Å²) in [6, 6.07) is 19.7. The zero-order valence-corrected chi connectivity index (χ0v) is 16.3. The molecule has 3 aromatic rings. The van der Waals surface area contributed by atoms with Crippen molar-refractivity contribution in [1.82, 2.24) is 0 Å². The number of phenolic OH excluding ortho intramolecular Hbond substituents is 1. The molecule has 0 bridgehead atoms. The molecule has 0 heterocycles. The number of carbonyl (C=O) groups is 2. The van der Waals surface area contributed by atoms with Gasteiger partial charge in [-0.2, -0.15) is 0 Å². The van der Waals surface area contributed by atoms with Gasteiger partial charge in [0.25, 0.3) is 0 Å². The van der Waals surface area contributed by atoms with Gasteiger partial charge in [-0.3, -0.25) is 5.32 Å². The number of aromatic hydroxyl groups is 1. The molecule has 1 amide bonds. The van der Waals surface area contributed by atoms with Gasteiger partial charge in [0.05, 0.1) is 0 Å². The van der Waals surface area contributed by atoms with Crippen molar-refractivity contribution in [3.05, 3.63) is 84.4 Å². The molecule has 0 fully saturated rings. The van der Waals surface area contributed by atoms with E-state index in [4.69, 9.17) is 9.84 Å². The number of carboxylic acid groups (broad SMARTS) is 1. The minimum absolute atomic E-state index is 0.159. The van der Waals surface area contributed by atoms with Gasteiger partial charge in [-0.1, -0.05) is 54.6 Å². The topological polar surface area (TPSA) is 95.9 Å². The molecule has 0 radical (unpaired) electrons. The van der Waals surface area contributed by atoms with Crippen molar-refractivity contribution in [2.24, 2.45) is 0 Å². The van der Waals surface area contributed by atoms with Crippen molar-refractivity contribution in [3.63, 3.8) is 0 Å². The van der Waals surface area contributed by atoms with Crippen LogP contribution in [0.1, 0.15) is 30.9 Å². The van der Waals surface area contributed by atoms with Crippen molar-refractivity contribution in [3.8, 4) is 5.75 Å². The summed E-state index contributed by atoms with van der Waals surface area (Å²) < 4.78 is 5.74. The number of rotatable bonds is 8. The Morgan fingerprint density at radius 1 is 0.967 bits per heavy atom. The summed E-state index contributed by atoms with van der Waals surface area (Å²) in [5.74, 6) is -0.833. The summed E-state index contributed by atoms with van der Waals surface area (Å²) in [6.07, 6.45) is 3.22. The van der Waals surface area contributed by atoms with Crippen LogP contribution < -0.4 is 5.32 Å². The van der Waals surface area contributed by atoms with Gasteiger partial charge in [-0.15, -0.1) is 0 Å². The summed E-state index contributed by atoms with van der Waals surface area (Å²) in [6.45, 7) is 0. The van der Waals surface area contributed by atoms with Crippen molar-refractivity contribution in [2.45, 2.75) is 25.4 Å². The number of hydrogen-bond donors (Lipinski definition) is 3. The second kappa shape index (κ2) is 10.1. The van der Waals surface area contributed by atoms with E-state index < -0.39 is 18.2 Å². The Bertz CT molecular complexity index is 1050. The van der Waals surface area contributed by atoms with E-state index in [1.54, 1.807) is 30.3 Å². The van der Waals surface area contributed by atoms with Gasteiger partial charge < -0.3 is 14.9 Å². The van der Waals surface area contributed by atoms with Gasteiger partial charge in [0.15, 0.2) is 0 Å². The Balaban J connectivity index is 1.81. The van der Waals surface area contributed by atoms with Crippen LogP contribution in [-0.2, 0) is 9.53 Å². The summed E-state index contributed by atoms with van der Waals surface area (Å²) in [5, 5.41) is 23.1. The predicted molar refractivity (Wildman–Crippen MR) is 116 cm³/mol. The molecule has 3 aromatic carbocycles. The van der Waals surface area contributed by atoms with Crippen molar-refractivity contribution >= 4 is 28.5 Å². The third-order valence-electron chi connectivity index (χ3n) is 4.65. The molecule has 0 saturated carbocycles. The van der Waals surface area contributed by atoms with Crippen LogP contribution in [0.15, 0.2) is 78.9 Å². The van der Waals surface area contributed by atoms with Crippen LogP contribution in [-0.4, -0.2) is 22.3 Å². The average molecular weight is 405 g/mol. The fourth-order valence-corrected chi connectivity index (χ4v) is 3.27. The molecule has 0 spiro atoms. The number of anilines is 1. The van der Waals surface area contributed by atoms with Crippen molar-refractivity contribution < 1.29 is 24.5 Å². The van der Waals surface area contributed by atoms with E-state index in [0.29, 0.717) is 30.3 Å². The Labute approximate surface area is 174 Å². The largest absolute Gasteiger partial charge is 0.507 e. The third-order valence-corrected chi connectivity index (χ3v) is 4.65. The van der Waals surface area contributed by atoms with Gasteiger partial charge in [-0.25, -0.2) is 9.59 Å². The highest BCUT2D eigenvalue weighted by atomic mass is 16.6. The van der Waals surface area contributed by atoms with Crippen LogP contribution >= 0.6 is 0 Å². The van der Waals surface area contributed by atoms with Crippen molar-refractivity contribution in [1.29, 1.82) is 0 Å². The van der Waals surface area contributed by atoms with E-state index in [0.717, 1.165) is 17.0 Å². The smallest absolute Gasteiger partial charge is 0.412 e. The zero-order chi connectivity index (χ0) is 21.3. The number of amides is 1. The molecule has 6 heteroatoms. The van der Waals surface area contributed by atoms with Gasteiger partial charge >= 0.3 is 12.1 Å². The molecule has 154 valence electrons. The van der Waals surface area contributed by atoms with Gasteiger partial charge in [0.1, 0.15) is 11.9 Å². The number of fused-ring (bicyclic) bond motifs is 1. The first kappa shape index (κ1) is 20.9. The highest BCUT2D eigenvalue weighted by Crippen LogP contribution is 2.34. The monoisotopic (exact) mass is 405 g/mol. The van der Waals surface area contributed by atoms with Gasteiger partial charge in [0, 0.05) is 22.7 Å². The molecule has 30 heavy (non-hydrogen) atoms. The first-order chi connectivity index (χ1) is 14.5. The second-order valence-corrected chi connectivity index (χ2v) is 6.78. The lowest BCUT2D eigenvalue weighted by Gasteiger charge is -2.20. The van der Waals surface area contributed by atoms with Gasteiger partial charge in [0.2, 0.25) is 0 Å². The molecular weight excluding hydrogens is 382 g/mol. The Morgan fingerprint density at radius 3 is 2.40 bits per heavy atom. The number of para-hydroxylation sites is 1. The SMILES string of the molecule is O=C(O)/C=C/CCC[C@H](OC(=O)Nc1ccccc1)c1ccc(O)c2ccccc12. The van der Waals surface area contributed by atoms with E-state index in [1.807, 2.05) is 42.5 Å². The average Bonchev–Trinajstić information content (AvgIpc) is 2.74.